The highest BCUT2D eigenvalue weighted by atomic mass is 16.6. The molecule has 0 bridgehead atoms. The highest BCUT2D eigenvalue weighted by molar-refractivity contribution is 5.87. The Labute approximate surface area is 110 Å². The lowest BCUT2D eigenvalue weighted by Gasteiger charge is -2.00. The molecule has 1 saturated heterocycles. The van der Waals surface area contributed by atoms with Gasteiger partial charge in [0.05, 0.1) is 22.7 Å². The monoisotopic (exact) mass is 265 g/mol. The molecular formula is C13H15NO5. The van der Waals surface area contributed by atoms with Crippen LogP contribution in [0.1, 0.15) is 36.0 Å². The number of epoxide rings is 1. The van der Waals surface area contributed by atoms with Crippen LogP contribution in [0.3, 0.4) is 0 Å². The van der Waals surface area contributed by atoms with Crippen molar-refractivity contribution in [2.75, 3.05) is 0 Å². The van der Waals surface area contributed by atoms with Gasteiger partial charge in [0.25, 0.3) is 5.69 Å². The zero-order valence-electron chi connectivity index (χ0n) is 10.3. The van der Waals surface area contributed by atoms with Gasteiger partial charge >= 0.3 is 5.97 Å². The molecule has 6 nitrogen and oxygen atoms in total. The maximum absolute atomic E-state index is 10.3. The van der Waals surface area contributed by atoms with Gasteiger partial charge in [-0.15, -0.1) is 0 Å². The third kappa shape index (κ3) is 3.75. The second-order valence-electron chi connectivity index (χ2n) is 4.61. The van der Waals surface area contributed by atoms with Crippen LogP contribution in [0.5, 0.6) is 0 Å². The van der Waals surface area contributed by atoms with Gasteiger partial charge in [-0.3, -0.25) is 10.1 Å². The summed E-state index contributed by atoms with van der Waals surface area (Å²) in [7, 11) is 0. The fourth-order valence-electron chi connectivity index (χ4n) is 2.10. The van der Waals surface area contributed by atoms with Crippen LogP contribution in [-0.4, -0.2) is 28.2 Å². The summed E-state index contributed by atoms with van der Waals surface area (Å²) in [6, 6.07) is 4.70. The average molecular weight is 265 g/mol. The van der Waals surface area contributed by atoms with Crippen LogP contribution in [0.2, 0.25) is 0 Å². The summed E-state index contributed by atoms with van der Waals surface area (Å²) in [6.07, 6.45) is 6.89. The van der Waals surface area contributed by atoms with E-state index >= 15 is 0 Å². The number of fused-ring (bicyclic) bond motifs is 1. The van der Waals surface area contributed by atoms with Crippen LogP contribution in [0.4, 0.5) is 5.69 Å². The zero-order valence-corrected chi connectivity index (χ0v) is 10.3. The topological polar surface area (TPSA) is 93.0 Å². The Morgan fingerprint density at radius 2 is 1.74 bits per heavy atom. The number of non-ortho nitro benzene ring substituents is 1. The Morgan fingerprint density at radius 1 is 1.21 bits per heavy atom. The number of carboxylic acids is 1. The molecule has 1 heterocycles. The van der Waals surface area contributed by atoms with Crippen LogP contribution in [-0.2, 0) is 4.74 Å². The Morgan fingerprint density at radius 3 is 2.11 bits per heavy atom. The van der Waals surface area contributed by atoms with Gasteiger partial charge in [-0.05, 0) is 25.0 Å². The molecule has 1 saturated carbocycles. The Bertz CT molecular complexity index is 427. The molecule has 0 spiro atoms. The van der Waals surface area contributed by atoms with Crippen molar-refractivity contribution in [1.82, 2.24) is 0 Å². The van der Waals surface area contributed by atoms with Gasteiger partial charge in [-0.25, -0.2) is 4.79 Å². The minimum absolute atomic E-state index is 0.0422. The number of nitro benzene ring substituents is 1. The number of aromatic carboxylic acids is 1. The van der Waals surface area contributed by atoms with Crippen molar-refractivity contribution in [3.8, 4) is 0 Å². The lowest BCUT2D eigenvalue weighted by Crippen LogP contribution is -2.00. The van der Waals surface area contributed by atoms with Crippen LogP contribution >= 0.6 is 0 Å². The zero-order chi connectivity index (χ0) is 13.8. The SMILES string of the molecule is C1CC[C@@H]2O[C@H]2C1.O=C(O)c1ccc([N+](=O)[O-])cc1. The van der Waals surface area contributed by atoms with E-state index in [0.717, 1.165) is 12.1 Å². The Hall–Kier alpha value is -1.95. The molecule has 0 unspecified atom stereocenters. The lowest BCUT2D eigenvalue weighted by atomic mass is 10.0. The quantitative estimate of drug-likeness (QED) is 0.504. The van der Waals surface area contributed by atoms with E-state index in [1.165, 1.54) is 37.8 Å². The van der Waals surface area contributed by atoms with E-state index in [1.54, 1.807) is 0 Å². The summed E-state index contributed by atoms with van der Waals surface area (Å²) >= 11 is 0. The normalized spacial score (nSPS) is 23.6. The molecule has 2 fully saturated rings. The number of benzene rings is 1. The summed E-state index contributed by atoms with van der Waals surface area (Å²) in [4.78, 5) is 19.9. The molecule has 1 N–H and O–H groups in total. The molecule has 1 aromatic rings. The van der Waals surface area contributed by atoms with Crippen molar-refractivity contribution in [3.05, 3.63) is 39.9 Å². The van der Waals surface area contributed by atoms with Crippen LogP contribution in [0, 0.1) is 10.1 Å². The summed E-state index contributed by atoms with van der Waals surface area (Å²) in [5, 5.41) is 18.6. The molecule has 0 aromatic heterocycles. The van der Waals surface area contributed by atoms with E-state index in [-0.39, 0.29) is 11.3 Å². The minimum atomic E-state index is -1.09. The molecule has 102 valence electrons. The molecule has 3 rings (SSSR count). The van der Waals surface area contributed by atoms with Crippen LogP contribution < -0.4 is 0 Å². The van der Waals surface area contributed by atoms with Gasteiger partial charge in [0, 0.05) is 12.1 Å². The van der Waals surface area contributed by atoms with Gasteiger partial charge in [-0.1, -0.05) is 12.8 Å². The van der Waals surface area contributed by atoms with Crippen molar-refractivity contribution in [1.29, 1.82) is 0 Å². The predicted octanol–water partition coefficient (Wildman–Crippen LogP) is 2.62. The smallest absolute Gasteiger partial charge is 0.335 e. The summed E-state index contributed by atoms with van der Waals surface area (Å²) in [5.74, 6) is -1.09. The highest BCUT2D eigenvalue weighted by Crippen LogP contribution is 2.35. The number of ether oxygens (including phenoxy) is 1. The predicted molar refractivity (Wildman–Crippen MR) is 67.2 cm³/mol. The molecular weight excluding hydrogens is 250 g/mol. The molecule has 0 radical (unpaired) electrons. The van der Waals surface area contributed by atoms with Crippen molar-refractivity contribution in [2.24, 2.45) is 0 Å². The van der Waals surface area contributed by atoms with Gasteiger partial charge in [0.2, 0.25) is 0 Å². The number of nitrogens with zero attached hydrogens (tertiary/aromatic N) is 1. The molecule has 1 aliphatic heterocycles. The third-order valence-corrected chi connectivity index (χ3v) is 3.24. The summed E-state index contributed by atoms with van der Waals surface area (Å²) < 4.78 is 5.28. The van der Waals surface area contributed by atoms with E-state index in [4.69, 9.17) is 9.84 Å². The first-order valence-electron chi connectivity index (χ1n) is 6.21. The number of carboxylic acid groups (broad SMARTS) is 1. The molecule has 6 heteroatoms. The molecule has 19 heavy (non-hydrogen) atoms. The number of hydrogen-bond donors (Lipinski definition) is 1. The maximum Gasteiger partial charge on any atom is 0.335 e. The van der Waals surface area contributed by atoms with E-state index < -0.39 is 10.9 Å². The van der Waals surface area contributed by atoms with Gasteiger partial charge in [-0.2, -0.15) is 0 Å². The fourth-order valence-corrected chi connectivity index (χ4v) is 2.10. The maximum atomic E-state index is 10.3. The van der Waals surface area contributed by atoms with Crippen molar-refractivity contribution in [3.63, 3.8) is 0 Å². The number of carbonyl (C=O) groups is 1. The van der Waals surface area contributed by atoms with Gasteiger partial charge in [0.1, 0.15) is 0 Å². The van der Waals surface area contributed by atoms with E-state index in [1.807, 2.05) is 0 Å². The molecule has 0 amide bonds. The Balaban J connectivity index is 0.000000159. The summed E-state index contributed by atoms with van der Waals surface area (Å²) in [5.41, 5.74) is -0.0689. The van der Waals surface area contributed by atoms with Crippen molar-refractivity contribution >= 4 is 11.7 Å². The van der Waals surface area contributed by atoms with E-state index in [0.29, 0.717) is 12.2 Å². The Kier molecular flexibility index (Phi) is 4.11. The lowest BCUT2D eigenvalue weighted by molar-refractivity contribution is -0.384. The standard InChI is InChI=1S/C7H5NO4.C6H10O/c9-7(10)5-1-3-6(4-2-5)8(11)12;1-2-4-6-5(3-1)7-6/h1-4H,(H,9,10);5-6H,1-4H2/t;5-,6-/m.0/s1. The molecule has 2 atom stereocenters. The second-order valence-corrected chi connectivity index (χ2v) is 4.61. The number of rotatable bonds is 2. The fraction of sp³-hybridized carbons (Fsp3) is 0.462. The van der Waals surface area contributed by atoms with E-state index in [2.05, 4.69) is 0 Å². The second kappa shape index (κ2) is 5.79. The first-order chi connectivity index (χ1) is 9.08. The number of hydrogen-bond acceptors (Lipinski definition) is 4. The molecule has 2 aliphatic rings. The van der Waals surface area contributed by atoms with Crippen molar-refractivity contribution < 1.29 is 19.6 Å². The van der Waals surface area contributed by atoms with E-state index in [9.17, 15) is 14.9 Å². The first kappa shape index (κ1) is 13.5. The number of nitro groups is 1. The minimum Gasteiger partial charge on any atom is -0.478 e. The van der Waals surface area contributed by atoms with Crippen molar-refractivity contribution in [2.45, 2.75) is 37.9 Å². The highest BCUT2D eigenvalue weighted by Gasteiger charge is 2.39. The molecule has 1 aromatic carbocycles. The van der Waals surface area contributed by atoms with Gasteiger partial charge in [0.15, 0.2) is 0 Å². The van der Waals surface area contributed by atoms with Gasteiger partial charge < -0.3 is 9.84 Å². The van der Waals surface area contributed by atoms with Crippen LogP contribution in [0.25, 0.3) is 0 Å². The van der Waals surface area contributed by atoms with Crippen LogP contribution in [0.15, 0.2) is 24.3 Å². The third-order valence-electron chi connectivity index (χ3n) is 3.24. The first-order valence-corrected chi connectivity index (χ1v) is 6.21. The molecule has 1 aliphatic carbocycles. The average Bonchev–Trinajstić information content (AvgIpc) is 3.18. The largest absolute Gasteiger partial charge is 0.478 e. The summed E-state index contributed by atoms with van der Waals surface area (Å²) in [6.45, 7) is 0.